The Morgan fingerprint density at radius 2 is 1.63 bits per heavy atom. The van der Waals surface area contributed by atoms with E-state index in [0.717, 1.165) is 42.5 Å². The Balaban J connectivity index is 1.51. The van der Waals surface area contributed by atoms with Crippen molar-refractivity contribution < 1.29 is 19.0 Å². The summed E-state index contributed by atoms with van der Waals surface area (Å²) in [5.41, 5.74) is 1.95. The van der Waals surface area contributed by atoms with Crippen molar-refractivity contribution in [3.63, 3.8) is 0 Å². The number of nitrogens with one attached hydrogen (secondary N) is 1. The minimum absolute atomic E-state index is 0.0250. The fourth-order valence-corrected chi connectivity index (χ4v) is 3.70. The molecule has 162 valence electrons. The van der Waals surface area contributed by atoms with E-state index in [2.05, 4.69) is 21.2 Å². The van der Waals surface area contributed by atoms with E-state index in [1.807, 2.05) is 24.3 Å². The van der Waals surface area contributed by atoms with Gasteiger partial charge in [-0.1, -0.05) is 17.7 Å². The van der Waals surface area contributed by atoms with Crippen molar-refractivity contribution in [2.45, 2.75) is 6.54 Å². The number of anilines is 1. The van der Waals surface area contributed by atoms with Crippen molar-refractivity contribution in [1.82, 2.24) is 10.2 Å². The van der Waals surface area contributed by atoms with Crippen molar-refractivity contribution in [3.05, 3.63) is 47.0 Å². The minimum atomic E-state index is -0.0250. The van der Waals surface area contributed by atoms with Crippen molar-refractivity contribution >= 4 is 23.2 Å². The molecule has 1 amide bonds. The number of carbonyl (C=O) groups is 1. The van der Waals surface area contributed by atoms with E-state index in [1.165, 1.54) is 0 Å². The van der Waals surface area contributed by atoms with Gasteiger partial charge in [-0.15, -0.1) is 0 Å². The number of benzene rings is 2. The van der Waals surface area contributed by atoms with E-state index in [4.69, 9.17) is 25.8 Å². The van der Waals surface area contributed by atoms with E-state index < -0.39 is 0 Å². The zero-order chi connectivity index (χ0) is 21.5. The number of halogens is 1. The monoisotopic (exact) mass is 433 g/mol. The number of rotatable bonds is 8. The average Bonchev–Trinajstić information content (AvgIpc) is 2.77. The second-order valence-electron chi connectivity index (χ2n) is 7.04. The number of hydrogen-bond acceptors (Lipinski definition) is 6. The Labute approximate surface area is 182 Å². The molecule has 7 nitrogen and oxygen atoms in total. The van der Waals surface area contributed by atoms with Crippen LogP contribution in [0.1, 0.15) is 5.56 Å². The SMILES string of the molecule is COc1cc(OC)c(OC)cc1CNC(=O)CN1CCN(c2cccc(Cl)c2)CC1. The van der Waals surface area contributed by atoms with Crippen molar-refractivity contribution in [2.24, 2.45) is 0 Å². The summed E-state index contributed by atoms with van der Waals surface area (Å²) in [6, 6.07) is 11.4. The molecule has 0 aliphatic carbocycles. The third kappa shape index (κ3) is 5.49. The summed E-state index contributed by atoms with van der Waals surface area (Å²) < 4.78 is 16.1. The van der Waals surface area contributed by atoms with Crippen LogP contribution >= 0.6 is 11.6 Å². The number of nitrogens with zero attached hydrogens (tertiary/aromatic N) is 2. The number of carbonyl (C=O) groups excluding carboxylic acids is 1. The van der Waals surface area contributed by atoms with Gasteiger partial charge in [0.2, 0.25) is 5.91 Å². The van der Waals surface area contributed by atoms with Crippen LogP contribution in [-0.4, -0.2) is 64.9 Å². The summed E-state index contributed by atoms with van der Waals surface area (Å²) >= 11 is 6.09. The highest BCUT2D eigenvalue weighted by Gasteiger charge is 2.20. The maximum Gasteiger partial charge on any atom is 0.234 e. The van der Waals surface area contributed by atoms with Crippen molar-refractivity contribution in [2.75, 3.05) is 59.0 Å². The van der Waals surface area contributed by atoms with E-state index in [0.29, 0.717) is 30.3 Å². The zero-order valence-electron chi connectivity index (χ0n) is 17.6. The van der Waals surface area contributed by atoms with Crippen molar-refractivity contribution in [1.29, 1.82) is 0 Å². The molecule has 1 aliphatic heterocycles. The van der Waals surface area contributed by atoms with Gasteiger partial charge in [-0.3, -0.25) is 9.69 Å². The minimum Gasteiger partial charge on any atom is -0.496 e. The van der Waals surface area contributed by atoms with Gasteiger partial charge in [0, 0.05) is 55.1 Å². The molecular formula is C22H28ClN3O4. The Bertz CT molecular complexity index is 869. The molecule has 8 heteroatoms. The maximum absolute atomic E-state index is 12.5. The largest absolute Gasteiger partial charge is 0.496 e. The summed E-state index contributed by atoms with van der Waals surface area (Å²) in [7, 11) is 4.74. The summed E-state index contributed by atoms with van der Waals surface area (Å²) in [5, 5.41) is 3.71. The standard InChI is InChI=1S/C22H28ClN3O4/c1-28-19-13-21(30-3)20(29-2)11-16(19)14-24-22(27)15-25-7-9-26(10-8-25)18-6-4-5-17(23)12-18/h4-6,11-13H,7-10,14-15H2,1-3H3,(H,24,27). The fraction of sp³-hybridized carbons (Fsp3) is 0.409. The molecule has 0 unspecified atom stereocenters. The van der Waals surface area contributed by atoms with Crippen LogP contribution in [0.3, 0.4) is 0 Å². The van der Waals surface area contributed by atoms with Gasteiger partial charge >= 0.3 is 0 Å². The number of hydrogen-bond donors (Lipinski definition) is 1. The normalized spacial score (nSPS) is 14.3. The van der Waals surface area contributed by atoms with Gasteiger partial charge in [0.25, 0.3) is 0 Å². The molecule has 0 bridgehead atoms. The average molecular weight is 434 g/mol. The molecule has 2 aromatic rings. The lowest BCUT2D eigenvalue weighted by Crippen LogP contribution is -2.49. The Morgan fingerprint density at radius 1 is 0.967 bits per heavy atom. The van der Waals surface area contributed by atoms with Gasteiger partial charge in [-0.05, 0) is 24.3 Å². The quantitative estimate of drug-likeness (QED) is 0.690. The maximum atomic E-state index is 12.5. The van der Waals surface area contributed by atoms with Crippen molar-refractivity contribution in [3.8, 4) is 17.2 Å². The molecule has 0 radical (unpaired) electrons. The van der Waals surface area contributed by atoms with E-state index in [1.54, 1.807) is 27.4 Å². The molecule has 3 rings (SSSR count). The third-order valence-electron chi connectivity index (χ3n) is 5.18. The summed E-state index contributed by atoms with van der Waals surface area (Å²) in [6.07, 6.45) is 0. The van der Waals surface area contributed by atoms with Gasteiger partial charge < -0.3 is 24.4 Å². The highest BCUT2D eigenvalue weighted by atomic mass is 35.5. The fourth-order valence-electron chi connectivity index (χ4n) is 3.52. The zero-order valence-corrected chi connectivity index (χ0v) is 18.4. The molecule has 2 aromatic carbocycles. The Hall–Kier alpha value is -2.64. The summed E-state index contributed by atoms with van der Waals surface area (Å²) in [4.78, 5) is 16.9. The lowest BCUT2D eigenvalue weighted by atomic mass is 10.1. The van der Waals surface area contributed by atoms with E-state index in [9.17, 15) is 4.79 Å². The molecule has 30 heavy (non-hydrogen) atoms. The van der Waals surface area contributed by atoms with E-state index >= 15 is 0 Å². The lowest BCUT2D eigenvalue weighted by Gasteiger charge is -2.35. The smallest absolute Gasteiger partial charge is 0.234 e. The predicted octanol–water partition coefficient (Wildman–Crippen LogP) is 2.80. The van der Waals surface area contributed by atoms with Gasteiger partial charge in [0.05, 0.1) is 27.9 Å². The second-order valence-corrected chi connectivity index (χ2v) is 7.48. The van der Waals surface area contributed by atoms with Crippen LogP contribution in [0.5, 0.6) is 17.2 Å². The molecule has 0 aromatic heterocycles. The molecule has 0 saturated carbocycles. The Kier molecular flexibility index (Phi) is 7.65. The third-order valence-corrected chi connectivity index (χ3v) is 5.41. The first-order valence-corrected chi connectivity index (χ1v) is 10.2. The molecular weight excluding hydrogens is 406 g/mol. The first kappa shape index (κ1) is 22.1. The van der Waals surface area contributed by atoms with E-state index in [-0.39, 0.29) is 5.91 Å². The first-order valence-electron chi connectivity index (χ1n) is 9.82. The number of piperazine rings is 1. The summed E-state index contributed by atoms with van der Waals surface area (Å²) in [5.74, 6) is 1.80. The lowest BCUT2D eigenvalue weighted by molar-refractivity contribution is -0.122. The number of amides is 1. The molecule has 1 saturated heterocycles. The number of methoxy groups -OCH3 is 3. The molecule has 1 heterocycles. The molecule has 0 atom stereocenters. The highest BCUT2D eigenvalue weighted by molar-refractivity contribution is 6.30. The van der Waals surface area contributed by atoms with Crippen LogP contribution in [0.25, 0.3) is 0 Å². The molecule has 1 fully saturated rings. The molecule has 0 spiro atoms. The highest BCUT2D eigenvalue weighted by Crippen LogP contribution is 2.34. The van der Waals surface area contributed by atoms with Crippen LogP contribution in [-0.2, 0) is 11.3 Å². The molecule has 1 N–H and O–H groups in total. The second kappa shape index (κ2) is 10.4. The van der Waals surface area contributed by atoms with Gasteiger partial charge in [0.1, 0.15) is 5.75 Å². The number of ether oxygens (including phenoxy) is 3. The predicted molar refractivity (Wildman–Crippen MR) is 118 cm³/mol. The van der Waals surface area contributed by atoms with Gasteiger partial charge in [-0.2, -0.15) is 0 Å². The van der Waals surface area contributed by atoms with Crippen LogP contribution in [0.2, 0.25) is 5.02 Å². The summed E-state index contributed by atoms with van der Waals surface area (Å²) in [6.45, 7) is 4.07. The Morgan fingerprint density at radius 3 is 2.27 bits per heavy atom. The van der Waals surface area contributed by atoms with Crippen LogP contribution in [0.15, 0.2) is 36.4 Å². The van der Waals surface area contributed by atoms with Crippen LogP contribution < -0.4 is 24.4 Å². The first-order chi connectivity index (χ1) is 14.5. The molecule has 1 aliphatic rings. The van der Waals surface area contributed by atoms with Crippen LogP contribution in [0, 0.1) is 0 Å². The van der Waals surface area contributed by atoms with Gasteiger partial charge in [0.15, 0.2) is 11.5 Å². The topological polar surface area (TPSA) is 63.3 Å². The van der Waals surface area contributed by atoms with Crippen LogP contribution in [0.4, 0.5) is 5.69 Å². The van der Waals surface area contributed by atoms with Gasteiger partial charge in [-0.25, -0.2) is 0 Å².